The molecule has 0 aliphatic heterocycles. The summed E-state index contributed by atoms with van der Waals surface area (Å²) in [5.41, 5.74) is 4.47. The fourth-order valence-corrected chi connectivity index (χ4v) is 2.16. The summed E-state index contributed by atoms with van der Waals surface area (Å²) in [6.07, 6.45) is 8.80. The Bertz CT molecular complexity index is 875. The number of carbonyl (C=O) groups is 7. The molecule has 0 radical (unpaired) electrons. The first-order chi connectivity index (χ1) is 20.1. The van der Waals surface area contributed by atoms with Crippen molar-refractivity contribution in [1.82, 2.24) is 5.32 Å². The van der Waals surface area contributed by atoms with Crippen molar-refractivity contribution in [2.45, 2.75) is 65.2 Å². The van der Waals surface area contributed by atoms with Crippen LogP contribution in [0.2, 0.25) is 0 Å². The molecule has 0 aromatic carbocycles. The number of aliphatic carboxylic acids is 3. The summed E-state index contributed by atoms with van der Waals surface area (Å²) in [5.74, 6) is -3.95. The summed E-state index contributed by atoms with van der Waals surface area (Å²) in [7, 11) is 2.40. The zero-order valence-electron chi connectivity index (χ0n) is 25.0. The van der Waals surface area contributed by atoms with Crippen LogP contribution in [0.5, 0.6) is 0 Å². The molecule has 0 aromatic rings. The van der Waals surface area contributed by atoms with E-state index < -0.39 is 35.3 Å². The number of hydrogen-bond donors (Lipinski definition) is 5. The zero-order valence-corrected chi connectivity index (χ0v) is 25.8. The number of hydrogen-bond acceptors (Lipinski definition) is 11. The van der Waals surface area contributed by atoms with Crippen LogP contribution >= 0.6 is 11.6 Å². The SMILES string of the molecule is CC(C)COC(=O)Cl.COC(=O)/C=C/C(=O)NCCCCCC(=O)O.COC(=O)/C=C/C(=O)O.NCCCCCC(=O)O. The first-order valence-corrected chi connectivity index (χ1v) is 13.5. The van der Waals surface area contributed by atoms with E-state index in [4.69, 9.17) is 32.7 Å². The van der Waals surface area contributed by atoms with Gasteiger partial charge in [-0.25, -0.2) is 19.2 Å². The Morgan fingerprint density at radius 3 is 1.56 bits per heavy atom. The average Bonchev–Trinajstić information content (AvgIpc) is 2.94. The zero-order chi connectivity index (χ0) is 34.1. The molecular weight excluding hydrogens is 596 g/mol. The smallest absolute Gasteiger partial charge is 0.403 e. The number of esters is 2. The molecule has 0 saturated heterocycles. The molecule has 0 aromatic heterocycles. The van der Waals surface area contributed by atoms with Gasteiger partial charge < -0.3 is 40.6 Å². The van der Waals surface area contributed by atoms with Crippen LogP contribution in [-0.2, 0) is 43.0 Å². The molecule has 0 heterocycles. The number of carboxylic acids is 3. The van der Waals surface area contributed by atoms with Crippen LogP contribution in [0.3, 0.4) is 0 Å². The Morgan fingerprint density at radius 1 is 0.744 bits per heavy atom. The molecule has 0 bridgehead atoms. The van der Waals surface area contributed by atoms with E-state index in [2.05, 4.69) is 19.5 Å². The summed E-state index contributed by atoms with van der Waals surface area (Å²) < 4.78 is 12.9. The molecule has 15 nitrogen and oxygen atoms in total. The van der Waals surface area contributed by atoms with Gasteiger partial charge in [-0.05, 0) is 38.1 Å². The van der Waals surface area contributed by atoms with Gasteiger partial charge in [0.1, 0.15) is 0 Å². The van der Waals surface area contributed by atoms with E-state index in [1.165, 1.54) is 14.2 Å². The highest BCUT2D eigenvalue weighted by Gasteiger charge is 1.99. The molecule has 0 fully saturated rings. The number of rotatable bonds is 17. The van der Waals surface area contributed by atoms with Gasteiger partial charge in [0, 0.05) is 55.3 Å². The second-order valence-electron chi connectivity index (χ2n) is 8.48. The van der Waals surface area contributed by atoms with Crippen molar-refractivity contribution >= 4 is 52.8 Å². The van der Waals surface area contributed by atoms with Gasteiger partial charge in [0.2, 0.25) is 5.91 Å². The minimum absolute atomic E-state index is 0.149. The highest BCUT2D eigenvalue weighted by Crippen LogP contribution is 1.99. The standard InChI is InChI=1S/C11H17NO5.C6H13NO2.C5H9ClO2.C5H6O4/c1-17-11(16)7-6-9(13)12-8-4-2-3-5-10(14)15;7-5-3-1-2-4-6(8)9;1-4(2)3-8-5(6)7;1-9-5(8)3-2-4(6)7/h6-7H,2-5,8H2,1H3,(H,12,13)(H,14,15);1-5,7H2,(H,8,9);4H,3H2,1-2H3;2-3H,1H3,(H,6,7)/b7-6+;;;3-2+. The second kappa shape index (κ2) is 34.2. The molecule has 0 atom stereocenters. The fraction of sp³-hybridized carbons (Fsp3) is 0.593. The molecule has 43 heavy (non-hydrogen) atoms. The maximum atomic E-state index is 11.1. The largest absolute Gasteiger partial charge is 0.481 e. The van der Waals surface area contributed by atoms with Crippen molar-refractivity contribution in [1.29, 1.82) is 0 Å². The number of methoxy groups -OCH3 is 2. The maximum absolute atomic E-state index is 11.1. The highest BCUT2D eigenvalue weighted by molar-refractivity contribution is 6.61. The summed E-state index contributed by atoms with van der Waals surface area (Å²) in [6.45, 7) is 5.42. The first-order valence-electron chi connectivity index (χ1n) is 13.1. The van der Waals surface area contributed by atoms with Gasteiger partial charge >= 0.3 is 35.3 Å². The number of carbonyl (C=O) groups excluding carboxylic acids is 4. The number of halogens is 1. The highest BCUT2D eigenvalue weighted by atomic mass is 35.5. The fourth-order valence-electron chi connectivity index (χ4n) is 2.10. The monoisotopic (exact) mass is 640 g/mol. The van der Waals surface area contributed by atoms with Crippen molar-refractivity contribution < 1.29 is 63.1 Å². The van der Waals surface area contributed by atoms with Gasteiger partial charge in [-0.1, -0.05) is 26.7 Å². The minimum Gasteiger partial charge on any atom is -0.481 e. The maximum Gasteiger partial charge on any atom is 0.403 e. The van der Waals surface area contributed by atoms with Crippen LogP contribution in [0.15, 0.2) is 24.3 Å². The molecule has 248 valence electrons. The Balaban J connectivity index is -0.000000251. The van der Waals surface area contributed by atoms with Crippen LogP contribution < -0.4 is 11.1 Å². The van der Waals surface area contributed by atoms with Crippen LogP contribution in [0, 0.1) is 5.92 Å². The Hall–Kier alpha value is -3.98. The normalized spacial score (nSPS) is 9.74. The second-order valence-corrected chi connectivity index (χ2v) is 8.79. The topological polar surface area (TPSA) is 246 Å². The van der Waals surface area contributed by atoms with E-state index >= 15 is 0 Å². The molecule has 0 unspecified atom stereocenters. The number of nitrogens with two attached hydrogens (primary N) is 1. The Morgan fingerprint density at radius 2 is 1.21 bits per heavy atom. The van der Waals surface area contributed by atoms with Gasteiger partial charge in [-0.3, -0.25) is 14.4 Å². The van der Waals surface area contributed by atoms with Gasteiger partial charge in [0.25, 0.3) is 0 Å². The van der Waals surface area contributed by atoms with Crippen LogP contribution in [-0.4, -0.2) is 90.4 Å². The lowest BCUT2D eigenvalue weighted by Crippen LogP contribution is -2.22. The molecule has 1 amide bonds. The summed E-state index contributed by atoms with van der Waals surface area (Å²) in [4.78, 5) is 71.6. The van der Waals surface area contributed by atoms with Gasteiger partial charge in [0.15, 0.2) is 0 Å². The van der Waals surface area contributed by atoms with Crippen molar-refractivity contribution in [2.24, 2.45) is 11.7 Å². The van der Waals surface area contributed by atoms with E-state index in [0.29, 0.717) is 44.5 Å². The lowest BCUT2D eigenvalue weighted by Gasteiger charge is -2.01. The molecule has 0 aliphatic rings. The molecule has 6 N–H and O–H groups in total. The number of unbranched alkanes of at least 4 members (excludes halogenated alkanes) is 4. The predicted octanol–water partition coefficient (Wildman–Crippen LogP) is 2.88. The van der Waals surface area contributed by atoms with E-state index in [1.807, 2.05) is 13.8 Å². The summed E-state index contributed by atoms with van der Waals surface area (Å²) >= 11 is 4.86. The number of amides is 1. The third-order valence-corrected chi connectivity index (χ3v) is 4.24. The van der Waals surface area contributed by atoms with Crippen LogP contribution in [0.4, 0.5) is 4.79 Å². The average molecular weight is 641 g/mol. The molecular formula is C27H45ClN2O13. The molecule has 0 rings (SSSR count). The summed E-state index contributed by atoms with van der Waals surface area (Å²) in [6, 6.07) is 0. The lowest BCUT2D eigenvalue weighted by atomic mass is 10.2. The predicted molar refractivity (Wildman–Crippen MR) is 156 cm³/mol. The van der Waals surface area contributed by atoms with E-state index in [9.17, 15) is 33.6 Å². The Labute approximate surface area is 256 Å². The van der Waals surface area contributed by atoms with E-state index in [-0.39, 0.29) is 18.7 Å². The molecule has 0 aliphatic carbocycles. The van der Waals surface area contributed by atoms with Crippen LogP contribution in [0.1, 0.15) is 65.2 Å². The Kier molecular flexibility index (Phi) is 36.6. The quantitative estimate of drug-likeness (QED) is 0.0504. The van der Waals surface area contributed by atoms with Crippen LogP contribution in [0.25, 0.3) is 0 Å². The van der Waals surface area contributed by atoms with Crippen molar-refractivity contribution in [3.63, 3.8) is 0 Å². The van der Waals surface area contributed by atoms with Gasteiger partial charge in [-0.15, -0.1) is 0 Å². The number of ether oxygens (including phenoxy) is 3. The molecule has 0 saturated carbocycles. The summed E-state index contributed by atoms with van der Waals surface area (Å²) in [5, 5.41) is 27.1. The molecule has 16 heteroatoms. The van der Waals surface area contributed by atoms with E-state index in [0.717, 1.165) is 43.9 Å². The van der Waals surface area contributed by atoms with Gasteiger partial charge in [-0.2, -0.15) is 0 Å². The first kappa shape index (κ1) is 46.0. The van der Waals surface area contributed by atoms with Crippen molar-refractivity contribution in [2.75, 3.05) is 33.9 Å². The van der Waals surface area contributed by atoms with Crippen molar-refractivity contribution in [3.8, 4) is 0 Å². The molecule has 0 spiro atoms. The lowest BCUT2D eigenvalue weighted by molar-refractivity contribution is -0.138. The third kappa shape index (κ3) is 54.7. The number of carboxylic acid groups (broad SMARTS) is 3. The third-order valence-electron chi connectivity index (χ3n) is 4.13. The van der Waals surface area contributed by atoms with Gasteiger partial charge in [0.05, 0.1) is 20.8 Å². The number of nitrogens with one attached hydrogen (secondary N) is 1. The van der Waals surface area contributed by atoms with Crippen molar-refractivity contribution in [3.05, 3.63) is 24.3 Å². The van der Waals surface area contributed by atoms with E-state index in [1.54, 1.807) is 0 Å². The minimum atomic E-state index is -1.17.